The van der Waals surface area contributed by atoms with E-state index in [4.69, 9.17) is 0 Å². The fraction of sp³-hybridized carbons (Fsp3) is 0.917. The lowest BCUT2D eigenvalue weighted by Crippen LogP contribution is -2.66. The summed E-state index contributed by atoms with van der Waals surface area (Å²) in [6.45, 7) is 21.7. The number of allylic oxidation sites excluding steroid dienone is 1. The Morgan fingerprint density at radius 2 is 1.54 bits per heavy atom. The zero-order valence-electron chi connectivity index (χ0n) is 27.6. The Morgan fingerprint density at radius 3 is 2.20 bits per heavy atom. The number of likely N-dealkylation sites (N-methyl/N-ethyl adjacent to an activating group) is 1. The van der Waals surface area contributed by atoms with Crippen LogP contribution in [0.2, 0.25) is 0 Å². The zero-order valence-corrected chi connectivity index (χ0v) is 27.6. The molecule has 0 amide bonds. The molecule has 1 heterocycles. The van der Waals surface area contributed by atoms with Crippen molar-refractivity contribution in [3.63, 3.8) is 0 Å². The average molecular weight is 569 g/mol. The van der Waals surface area contributed by atoms with E-state index >= 15 is 0 Å². The van der Waals surface area contributed by atoms with Gasteiger partial charge in [0.25, 0.3) is 0 Å². The molecule has 1 aliphatic heterocycles. The highest BCUT2D eigenvalue weighted by Gasteiger charge is 2.70. The van der Waals surface area contributed by atoms with Crippen molar-refractivity contribution in [1.82, 2.24) is 9.80 Å². The van der Waals surface area contributed by atoms with E-state index in [2.05, 4.69) is 65.3 Å². The molecule has 4 saturated carbocycles. The molecule has 1 unspecified atom stereocenters. The van der Waals surface area contributed by atoms with E-state index in [9.17, 15) is 15.0 Å². The SMILES string of the molecule is CC(C)C1=C2[C@H]3CC[C@@H]4[C@@]5(C)CC[C@H](O)C(C)(C)[C@@H]5CC[C@@]4(C)[C@]3(C)CC[C@@]2(C(O)CN2CCN(C)CC2)CC1=O. The molecule has 6 rings (SSSR count). The molecule has 0 bridgehead atoms. The van der Waals surface area contributed by atoms with Crippen LogP contribution in [-0.2, 0) is 4.79 Å². The number of hydrogen-bond acceptors (Lipinski definition) is 5. The number of aliphatic hydroxyl groups excluding tert-OH is 2. The fourth-order valence-corrected chi connectivity index (χ4v) is 12.5. The summed E-state index contributed by atoms with van der Waals surface area (Å²) in [6.07, 6.45) is 8.72. The largest absolute Gasteiger partial charge is 0.393 e. The van der Waals surface area contributed by atoms with Crippen LogP contribution in [0.25, 0.3) is 0 Å². The molecular weight excluding hydrogens is 508 g/mol. The first-order valence-corrected chi connectivity index (χ1v) is 17.2. The summed E-state index contributed by atoms with van der Waals surface area (Å²) in [5.41, 5.74) is 2.65. The van der Waals surface area contributed by atoms with Crippen LogP contribution in [0, 0.1) is 50.7 Å². The third-order valence-electron chi connectivity index (χ3n) is 15.1. The van der Waals surface area contributed by atoms with Gasteiger partial charge in [-0.2, -0.15) is 0 Å². The molecule has 0 aromatic carbocycles. The van der Waals surface area contributed by atoms with Crippen molar-refractivity contribution in [3.05, 3.63) is 11.1 Å². The lowest BCUT2D eigenvalue weighted by molar-refractivity contribution is -0.230. The van der Waals surface area contributed by atoms with Gasteiger partial charge in [0.05, 0.1) is 12.2 Å². The smallest absolute Gasteiger partial charge is 0.160 e. The summed E-state index contributed by atoms with van der Waals surface area (Å²) in [4.78, 5) is 18.7. The first-order chi connectivity index (χ1) is 19.1. The summed E-state index contributed by atoms with van der Waals surface area (Å²) in [5, 5.41) is 23.2. The normalized spacial score (nSPS) is 47.5. The number of piperazine rings is 1. The molecule has 5 nitrogen and oxygen atoms in total. The molecule has 9 atom stereocenters. The Bertz CT molecular complexity index is 1090. The Hall–Kier alpha value is -0.750. The molecular formula is C36H60N2O3. The molecule has 0 aromatic rings. The second-order valence-electron chi connectivity index (χ2n) is 17.3. The van der Waals surface area contributed by atoms with Gasteiger partial charge in [0.1, 0.15) is 0 Å². The lowest BCUT2D eigenvalue weighted by Gasteiger charge is -2.72. The first kappa shape index (κ1) is 30.3. The minimum Gasteiger partial charge on any atom is -0.393 e. The van der Waals surface area contributed by atoms with Gasteiger partial charge in [-0.3, -0.25) is 9.69 Å². The van der Waals surface area contributed by atoms with Crippen LogP contribution in [0.3, 0.4) is 0 Å². The minimum absolute atomic E-state index is 0.0353. The summed E-state index contributed by atoms with van der Waals surface area (Å²) >= 11 is 0. The number of carbonyl (C=O) groups excluding carboxylic acids is 1. The third kappa shape index (κ3) is 4.10. The summed E-state index contributed by atoms with van der Waals surface area (Å²) in [7, 11) is 2.18. The van der Waals surface area contributed by atoms with Crippen LogP contribution in [0.4, 0.5) is 0 Å². The fourth-order valence-electron chi connectivity index (χ4n) is 12.5. The minimum atomic E-state index is -0.481. The standard InChI is InChI=1S/C36H60N2O3/c1-23(2)30-25(39)21-36(29(41)22-38-19-17-37(8)18-20-38)16-15-34(6)24(31(30)36)9-10-27-33(5)13-12-28(40)32(3,4)26(33)11-14-35(27,34)7/h23-24,26-29,40-41H,9-22H2,1-8H3/t24-,26+,27-,28+,29?,33+,34-,35-,36+/m1/s1. The maximum absolute atomic E-state index is 13.9. The molecule has 2 N–H and O–H groups in total. The molecule has 0 spiro atoms. The molecule has 0 aromatic heterocycles. The topological polar surface area (TPSA) is 64.0 Å². The van der Waals surface area contributed by atoms with Gasteiger partial charge in [-0.15, -0.1) is 0 Å². The molecule has 5 aliphatic carbocycles. The van der Waals surface area contributed by atoms with Crippen LogP contribution in [0.5, 0.6) is 0 Å². The van der Waals surface area contributed by atoms with E-state index in [1.54, 1.807) is 0 Å². The Labute approximate surface area is 250 Å². The molecule has 5 fully saturated rings. The number of nitrogens with zero attached hydrogens (tertiary/aromatic N) is 2. The molecule has 41 heavy (non-hydrogen) atoms. The Morgan fingerprint density at radius 1 is 0.854 bits per heavy atom. The quantitative estimate of drug-likeness (QED) is 0.440. The number of ketones is 1. The lowest BCUT2D eigenvalue weighted by atomic mass is 9.33. The van der Waals surface area contributed by atoms with Crippen molar-refractivity contribution in [2.24, 2.45) is 50.7 Å². The van der Waals surface area contributed by atoms with E-state index in [0.717, 1.165) is 63.9 Å². The zero-order chi connectivity index (χ0) is 29.8. The van der Waals surface area contributed by atoms with E-state index in [-0.39, 0.29) is 39.1 Å². The van der Waals surface area contributed by atoms with Gasteiger partial charge in [-0.1, -0.05) is 54.0 Å². The number of carbonyl (C=O) groups is 1. The third-order valence-corrected chi connectivity index (χ3v) is 15.1. The summed E-state index contributed by atoms with van der Waals surface area (Å²) in [6, 6.07) is 0. The highest BCUT2D eigenvalue weighted by atomic mass is 16.3. The van der Waals surface area contributed by atoms with Crippen LogP contribution in [0.15, 0.2) is 11.1 Å². The molecule has 5 heteroatoms. The monoisotopic (exact) mass is 568 g/mol. The number of β-amino-alcohol motifs (C(OH)–C–C–N with tert-alkyl or cyclic N) is 1. The van der Waals surface area contributed by atoms with Crippen molar-refractivity contribution in [3.8, 4) is 0 Å². The van der Waals surface area contributed by atoms with Gasteiger partial charge in [0.2, 0.25) is 0 Å². The van der Waals surface area contributed by atoms with Gasteiger partial charge < -0.3 is 15.1 Å². The number of Topliss-reactive ketones (excluding diaryl/α,β-unsaturated/α-hetero) is 1. The van der Waals surface area contributed by atoms with Crippen LogP contribution in [-0.4, -0.2) is 77.8 Å². The number of aliphatic hydroxyl groups is 2. The van der Waals surface area contributed by atoms with Crippen molar-refractivity contribution < 1.29 is 15.0 Å². The van der Waals surface area contributed by atoms with Gasteiger partial charge in [-0.05, 0) is 109 Å². The first-order valence-electron chi connectivity index (χ1n) is 17.2. The number of fused-ring (bicyclic) bond motifs is 7. The summed E-state index contributed by atoms with van der Waals surface area (Å²) < 4.78 is 0. The maximum Gasteiger partial charge on any atom is 0.160 e. The number of hydrogen-bond donors (Lipinski definition) is 2. The van der Waals surface area contributed by atoms with Crippen molar-refractivity contribution in [2.45, 2.75) is 118 Å². The molecule has 232 valence electrons. The molecule has 0 radical (unpaired) electrons. The number of rotatable bonds is 4. The highest BCUT2D eigenvalue weighted by molar-refractivity contribution is 6.00. The van der Waals surface area contributed by atoms with E-state index in [1.807, 2.05) is 0 Å². The van der Waals surface area contributed by atoms with Gasteiger partial charge in [-0.25, -0.2) is 0 Å². The highest BCUT2D eigenvalue weighted by Crippen LogP contribution is 2.76. The van der Waals surface area contributed by atoms with Crippen molar-refractivity contribution in [1.29, 1.82) is 0 Å². The molecule has 6 aliphatic rings. The van der Waals surface area contributed by atoms with E-state index in [1.165, 1.54) is 24.8 Å². The second-order valence-corrected chi connectivity index (χ2v) is 17.3. The van der Waals surface area contributed by atoms with E-state index < -0.39 is 6.10 Å². The van der Waals surface area contributed by atoms with E-state index in [0.29, 0.717) is 36.5 Å². The van der Waals surface area contributed by atoms with Crippen molar-refractivity contribution >= 4 is 5.78 Å². The Kier molecular flexibility index (Phi) is 7.30. The van der Waals surface area contributed by atoms with Gasteiger partial charge in [0.15, 0.2) is 5.78 Å². The van der Waals surface area contributed by atoms with Crippen LogP contribution >= 0.6 is 0 Å². The predicted octanol–water partition coefficient (Wildman–Crippen LogP) is 5.94. The Balaban J connectivity index is 1.37. The van der Waals surface area contributed by atoms with Crippen LogP contribution < -0.4 is 0 Å². The van der Waals surface area contributed by atoms with Gasteiger partial charge >= 0.3 is 0 Å². The van der Waals surface area contributed by atoms with Crippen molar-refractivity contribution in [2.75, 3.05) is 39.8 Å². The predicted molar refractivity (Wildman–Crippen MR) is 165 cm³/mol. The maximum atomic E-state index is 13.9. The van der Waals surface area contributed by atoms with Gasteiger partial charge in [0, 0.05) is 44.6 Å². The molecule has 1 saturated heterocycles. The summed E-state index contributed by atoms with van der Waals surface area (Å²) in [5.74, 6) is 2.11. The average Bonchev–Trinajstić information content (AvgIpc) is 3.21. The second kappa shape index (κ2) is 9.88. The van der Waals surface area contributed by atoms with Crippen LogP contribution in [0.1, 0.15) is 106 Å².